The highest BCUT2D eigenvalue weighted by atomic mass is 32.1. The lowest BCUT2D eigenvalue weighted by Crippen LogP contribution is -2.43. The Morgan fingerprint density at radius 2 is 2.33 bits per heavy atom. The molecule has 1 aromatic rings. The van der Waals surface area contributed by atoms with Crippen LogP contribution in [-0.2, 0) is 0 Å². The fourth-order valence-electron chi connectivity index (χ4n) is 2.15. The van der Waals surface area contributed by atoms with Gasteiger partial charge in [-0.2, -0.15) is 0 Å². The van der Waals surface area contributed by atoms with Gasteiger partial charge < -0.3 is 10.4 Å². The van der Waals surface area contributed by atoms with Gasteiger partial charge in [0, 0.05) is 17.5 Å². The molecule has 1 aliphatic carbocycles. The Kier molecular flexibility index (Phi) is 3.72. The average Bonchev–Trinajstić information content (AvgIpc) is 2.74. The number of nitrogens with one attached hydrogen (secondary N) is 1. The first-order chi connectivity index (χ1) is 7.27. The SMILES string of the molecule is CC(NC1CCCCC1O)c1cscn1. The van der Waals surface area contributed by atoms with Crippen molar-refractivity contribution in [2.24, 2.45) is 0 Å². The lowest BCUT2D eigenvalue weighted by molar-refractivity contribution is 0.0857. The van der Waals surface area contributed by atoms with E-state index in [1.54, 1.807) is 11.3 Å². The molecular weight excluding hydrogens is 208 g/mol. The third-order valence-corrected chi connectivity index (χ3v) is 3.69. The summed E-state index contributed by atoms with van der Waals surface area (Å²) < 4.78 is 0. The van der Waals surface area contributed by atoms with E-state index in [1.165, 1.54) is 6.42 Å². The minimum atomic E-state index is -0.181. The second kappa shape index (κ2) is 5.05. The highest BCUT2D eigenvalue weighted by Gasteiger charge is 2.24. The minimum absolute atomic E-state index is 0.181. The molecule has 0 amide bonds. The molecule has 3 unspecified atom stereocenters. The van der Waals surface area contributed by atoms with Crippen LogP contribution in [0.2, 0.25) is 0 Å². The zero-order valence-electron chi connectivity index (χ0n) is 9.02. The van der Waals surface area contributed by atoms with E-state index >= 15 is 0 Å². The third kappa shape index (κ3) is 2.77. The van der Waals surface area contributed by atoms with Crippen molar-refractivity contribution in [1.29, 1.82) is 0 Å². The van der Waals surface area contributed by atoms with E-state index in [0.717, 1.165) is 25.0 Å². The number of rotatable bonds is 3. The summed E-state index contributed by atoms with van der Waals surface area (Å²) >= 11 is 1.62. The lowest BCUT2D eigenvalue weighted by Gasteiger charge is -2.30. The zero-order chi connectivity index (χ0) is 10.7. The molecule has 1 fully saturated rings. The Morgan fingerprint density at radius 1 is 1.53 bits per heavy atom. The maximum atomic E-state index is 9.84. The molecule has 0 aliphatic heterocycles. The summed E-state index contributed by atoms with van der Waals surface area (Å²) in [4.78, 5) is 4.28. The molecule has 1 heterocycles. The van der Waals surface area contributed by atoms with Crippen LogP contribution in [0.1, 0.15) is 44.3 Å². The fourth-order valence-corrected chi connectivity index (χ4v) is 2.80. The minimum Gasteiger partial charge on any atom is -0.392 e. The van der Waals surface area contributed by atoms with Crippen LogP contribution in [0.3, 0.4) is 0 Å². The molecule has 4 heteroatoms. The molecule has 0 aromatic carbocycles. The molecule has 1 saturated carbocycles. The van der Waals surface area contributed by atoms with Gasteiger partial charge in [-0.25, -0.2) is 4.98 Å². The molecule has 84 valence electrons. The van der Waals surface area contributed by atoms with Gasteiger partial charge >= 0.3 is 0 Å². The van der Waals surface area contributed by atoms with E-state index in [1.807, 2.05) is 5.51 Å². The number of aliphatic hydroxyl groups excluding tert-OH is 1. The smallest absolute Gasteiger partial charge is 0.0795 e. The quantitative estimate of drug-likeness (QED) is 0.829. The van der Waals surface area contributed by atoms with Crippen molar-refractivity contribution in [3.05, 3.63) is 16.6 Å². The zero-order valence-corrected chi connectivity index (χ0v) is 9.83. The third-order valence-electron chi connectivity index (χ3n) is 3.09. The van der Waals surface area contributed by atoms with Gasteiger partial charge in [0.05, 0.1) is 17.3 Å². The number of hydrogen-bond donors (Lipinski definition) is 2. The summed E-state index contributed by atoms with van der Waals surface area (Å²) in [6.07, 6.45) is 4.21. The van der Waals surface area contributed by atoms with Crippen molar-refractivity contribution in [3.63, 3.8) is 0 Å². The van der Waals surface area contributed by atoms with E-state index in [4.69, 9.17) is 0 Å². The first-order valence-electron chi connectivity index (χ1n) is 5.59. The largest absolute Gasteiger partial charge is 0.392 e. The first-order valence-corrected chi connectivity index (χ1v) is 6.54. The van der Waals surface area contributed by atoms with Crippen LogP contribution in [0, 0.1) is 0 Å². The average molecular weight is 226 g/mol. The van der Waals surface area contributed by atoms with Crippen molar-refractivity contribution in [1.82, 2.24) is 10.3 Å². The lowest BCUT2D eigenvalue weighted by atomic mass is 9.92. The van der Waals surface area contributed by atoms with E-state index in [2.05, 4.69) is 22.6 Å². The summed E-state index contributed by atoms with van der Waals surface area (Å²) in [6.45, 7) is 2.11. The normalized spacial score (nSPS) is 28.9. The van der Waals surface area contributed by atoms with Crippen molar-refractivity contribution in [2.75, 3.05) is 0 Å². The van der Waals surface area contributed by atoms with Crippen LogP contribution < -0.4 is 5.32 Å². The van der Waals surface area contributed by atoms with Crippen LogP contribution in [0.5, 0.6) is 0 Å². The molecule has 0 saturated heterocycles. The Hall–Kier alpha value is -0.450. The van der Waals surface area contributed by atoms with Gasteiger partial charge in [0.25, 0.3) is 0 Å². The van der Waals surface area contributed by atoms with Gasteiger partial charge in [0.1, 0.15) is 0 Å². The topological polar surface area (TPSA) is 45.1 Å². The number of aliphatic hydroxyl groups is 1. The maximum absolute atomic E-state index is 9.84. The second-order valence-electron chi connectivity index (χ2n) is 4.26. The van der Waals surface area contributed by atoms with E-state index in [-0.39, 0.29) is 18.2 Å². The highest BCUT2D eigenvalue weighted by Crippen LogP contribution is 2.21. The van der Waals surface area contributed by atoms with Crippen molar-refractivity contribution < 1.29 is 5.11 Å². The van der Waals surface area contributed by atoms with Crippen LogP contribution in [0.25, 0.3) is 0 Å². The van der Waals surface area contributed by atoms with E-state index in [0.29, 0.717) is 0 Å². The molecular formula is C11H18N2OS. The van der Waals surface area contributed by atoms with Gasteiger partial charge in [-0.05, 0) is 19.8 Å². The Morgan fingerprint density at radius 3 is 3.00 bits per heavy atom. The molecule has 2 N–H and O–H groups in total. The first kappa shape index (κ1) is 11.0. The van der Waals surface area contributed by atoms with Crippen LogP contribution in [-0.4, -0.2) is 22.2 Å². The van der Waals surface area contributed by atoms with Gasteiger partial charge in [-0.3, -0.25) is 0 Å². The predicted octanol–water partition coefficient (Wildman–Crippen LogP) is 2.10. The van der Waals surface area contributed by atoms with Crippen molar-refractivity contribution >= 4 is 11.3 Å². The molecule has 15 heavy (non-hydrogen) atoms. The van der Waals surface area contributed by atoms with Crippen LogP contribution in [0.15, 0.2) is 10.9 Å². The summed E-state index contributed by atoms with van der Waals surface area (Å²) in [5, 5.41) is 15.4. The van der Waals surface area contributed by atoms with Crippen molar-refractivity contribution in [2.45, 2.75) is 50.8 Å². The summed E-state index contributed by atoms with van der Waals surface area (Å²) in [5.41, 5.74) is 2.93. The Balaban J connectivity index is 1.90. The number of aromatic nitrogens is 1. The maximum Gasteiger partial charge on any atom is 0.0795 e. The van der Waals surface area contributed by atoms with Crippen LogP contribution >= 0.6 is 11.3 Å². The van der Waals surface area contributed by atoms with Crippen molar-refractivity contribution in [3.8, 4) is 0 Å². The van der Waals surface area contributed by atoms with Gasteiger partial charge in [0.15, 0.2) is 0 Å². The highest BCUT2D eigenvalue weighted by molar-refractivity contribution is 7.07. The molecule has 2 rings (SSSR count). The van der Waals surface area contributed by atoms with Gasteiger partial charge in [-0.1, -0.05) is 12.8 Å². The number of thiazole rings is 1. The molecule has 1 aromatic heterocycles. The summed E-state index contributed by atoms with van der Waals surface area (Å²) in [6, 6.07) is 0.490. The predicted molar refractivity (Wildman–Crippen MR) is 61.9 cm³/mol. The molecule has 0 spiro atoms. The number of nitrogens with zero attached hydrogens (tertiary/aromatic N) is 1. The Labute approximate surface area is 94.5 Å². The number of hydrogen-bond acceptors (Lipinski definition) is 4. The Bertz CT molecular complexity index is 289. The van der Waals surface area contributed by atoms with Crippen LogP contribution in [0.4, 0.5) is 0 Å². The standard InChI is InChI=1S/C11H18N2OS/c1-8(10-6-15-7-12-10)13-9-4-2-3-5-11(9)14/h6-9,11,13-14H,2-5H2,1H3. The second-order valence-corrected chi connectivity index (χ2v) is 4.98. The molecule has 3 atom stereocenters. The molecule has 0 radical (unpaired) electrons. The van der Waals surface area contributed by atoms with E-state index < -0.39 is 0 Å². The summed E-state index contributed by atoms with van der Waals surface area (Å²) in [5.74, 6) is 0. The van der Waals surface area contributed by atoms with E-state index in [9.17, 15) is 5.11 Å². The molecule has 3 nitrogen and oxygen atoms in total. The fraction of sp³-hybridized carbons (Fsp3) is 0.727. The molecule has 1 aliphatic rings. The molecule has 0 bridgehead atoms. The van der Waals surface area contributed by atoms with Gasteiger partial charge in [-0.15, -0.1) is 11.3 Å². The summed E-state index contributed by atoms with van der Waals surface area (Å²) in [7, 11) is 0. The monoisotopic (exact) mass is 226 g/mol. The van der Waals surface area contributed by atoms with Gasteiger partial charge in [0.2, 0.25) is 0 Å².